The summed E-state index contributed by atoms with van der Waals surface area (Å²) in [4.78, 5) is 7.50. The van der Waals surface area contributed by atoms with Crippen LogP contribution in [0.3, 0.4) is 0 Å². The third kappa shape index (κ3) is 3.56. The highest BCUT2D eigenvalue weighted by atomic mass is 35.5. The molecule has 0 saturated carbocycles. The fourth-order valence-corrected chi connectivity index (χ4v) is 3.36. The maximum atomic E-state index is 11.5. The molecule has 6 heteroatoms. The van der Waals surface area contributed by atoms with Gasteiger partial charge in [0.25, 0.3) is 0 Å². The van der Waals surface area contributed by atoms with E-state index >= 15 is 0 Å². The summed E-state index contributed by atoms with van der Waals surface area (Å²) in [5.74, 6) is 0.815. The van der Waals surface area contributed by atoms with Crippen LogP contribution in [0.1, 0.15) is 5.56 Å². The lowest BCUT2D eigenvalue weighted by atomic mass is 10.2. The lowest BCUT2D eigenvalue weighted by Gasteiger charge is -2.19. The molecule has 1 unspecified atom stereocenters. The van der Waals surface area contributed by atoms with Crippen molar-refractivity contribution in [2.45, 2.75) is 11.4 Å². The fourth-order valence-electron chi connectivity index (χ4n) is 2.47. The Bertz CT molecular complexity index is 913. The molecule has 3 nitrogen and oxygen atoms in total. The van der Waals surface area contributed by atoms with Gasteiger partial charge in [0.2, 0.25) is 0 Å². The molecule has 3 rings (SSSR count). The third-order valence-electron chi connectivity index (χ3n) is 3.80. The first-order valence-electron chi connectivity index (χ1n) is 7.34. The fraction of sp³-hybridized carbons (Fsp3) is 0.167. The molecule has 0 N–H and O–H groups in total. The van der Waals surface area contributed by atoms with E-state index in [0.29, 0.717) is 22.1 Å². The average molecular weight is 379 g/mol. The van der Waals surface area contributed by atoms with Crippen molar-refractivity contribution in [2.24, 2.45) is 0 Å². The molecule has 0 aliphatic heterocycles. The van der Waals surface area contributed by atoms with Crippen LogP contribution in [0, 0.1) is 0 Å². The van der Waals surface area contributed by atoms with E-state index in [1.165, 1.54) is 0 Å². The van der Waals surface area contributed by atoms with Gasteiger partial charge in [-0.2, -0.15) is 0 Å². The maximum Gasteiger partial charge on any atom is 0.129 e. The molecular formula is C18H16Cl2N2OS. The Morgan fingerprint density at radius 1 is 1.04 bits per heavy atom. The van der Waals surface area contributed by atoms with Crippen LogP contribution in [0.15, 0.2) is 53.4 Å². The number of hydrogen-bond donors (Lipinski definition) is 0. The summed E-state index contributed by atoms with van der Waals surface area (Å²) in [6.45, 7) is 0.688. The van der Waals surface area contributed by atoms with Crippen molar-refractivity contribution in [1.82, 2.24) is 4.98 Å². The van der Waals surface area contributed by atoms with Gasteiger partial charge in [-0.3, -0.25) is 4.21 Å². The molecule has 24 heavy (non-hydrogen) atoms. The minimum absolute atomic E-state index is 0.471. The van der Waals surface area contributed by atoms with Crippen molar-refractivity contribution < 1.29 is 4.21 Å². The molecule has 1 atom stereocenters. The average Bonchev–Trinajstić information content (AvgIpc) is 2.58. The van der Waals surface area contributed by atoms with Gasteiger partial charge in [-0.1, -0.05) is 41.4 Å². The predicted molar refractivity (Wildman–Crippen MR) is 103 cm³/mol. The van der Waals surface area contributed by atoms with Crippen LogP contribution < -0.4 is 4.90 Å². The summed E-state index contributed by atoms with van der Waals surface area (Å²) >= 11 is 12.3. The Morgan fingerprint density at radius 2 is 1.71 bits per heavy atom. The lowest BCUT2D eigenvalue weighted by molar-refractivity contribution is 0.687. The Kier molecular flexibility index (Phi) is 5.09. The number of nitrogens with zero attached hydrogens (tertiary/aromatic N) is 2. The van der Waals surface area contributed by atoms with Crippen LogP contribution in [0.5, 0.6) is 0 Å². The van der Waals surface area contributed by atoms with Gasteiger partial charge in [0.15, 0.2) is 0 Å². The molecule has 0 aliphatic carbocycles. The molecule has 2 aromatic carbocycles. The zero-order chi connectivity index (χ0) is 17.3. The quantitative estimate of drug-likeness (QED) is 0.646. The first-order chi connectivity index (χ1) is 11.5. The SMILES string of the molecule is CN(Cc1ccc(S(C)=O)cc1)c1ccc2ccc(Cl)c(Cl)c2n1. The molecule has 3 aromatic rings. The van der Waals surface area contributed by atoms with E-state index in [4.69, 9.17) is 23.2 Å². The Hall–Kier alpha value is -1.62. The maximum absolute atomic E-state index is 11.5. The Labute approximate surface area is 153 Å². The number of rotatable bonds is 4. The van der Waals surface area contributed by atoms with E-state index in [9.17, 15) is 4.21 Å². The zero-order valence-corrected chi connectivity index (χ0v) is 15.6. The summed E-state index contributed by atoms with van der Waals surface area (Å²) in [5, 5.41) is 1.93. The monoisotopic (exact) mass is 378 g/mol. The van der Waals surface area contributed by atoms with Gasteiger partial charge < -0.3 is 4.90 Å². The smallest absolute Gasteiger partial charge is 0.129 e. The highest BCUT2D eigenvalue weighted by molar-refractivity contribution is 7.84. The molecule has 0 spiro atoms. The van der Waals surface area contributed by atoms with Crippen LogP contribution in [0.25, 0.3) is 10.9 Å². The minimum atomic E-state index is -0.960. The summed E-state index contributed by atoms with van der Waals surface area (Å²) in [6.07, 6.45) is 1.68. The number of hydrogen-bond acceptors (Lipinski definition) is 3. The van der Waals surface area contributed by atoms with Gasteiger partial charge in [0.05, 0.1) is 15.6 Å². The zero-order valence-electron chi connectivity index (χ0n) is 13.3. The number of pyridine rings is 1. The van der Waals surface area contributed by atoms with Crippen LogP contribution in [0.2, 0.25) is 10.0 Å². The summed E-state index contributed by atoms with van der Waals surface area (Å²) in [6, 6.07) is 15.4. The Balaban J connectivity index is 1.86. The van der Waals surface area contributed by atoms with Gasteiger partial charge in [0, 0.05) is 40.9 Å². The molecule has 1 aromatic heterocycles. The van der Waals surface area contributed by atoms with Crippen molar-refractivity contribution in [1.29, 1.82) is 0 Å². The summed E-state index contributed by atoms with van der Waals surface area (Å²) in [7, 11) is 1.01. The van der Waals surface area contributed by atoms with Crippen LogP contribution >= 0.6 is 23.2 Å². The predicted octanol–water partition coefficient (Wildman–Crippen LogP) is 4.92. The molecule has 124 valence electrons. The second kappa shape index (κ2) is 7.09. The number of anilines is 1. The normalized spacial score (nSPS) is 12.3. The topological polar surface area (TPSA) is 33.2 Å². The largest absolute Gasteiger partial charge is 0.355 e. The van der Waals surface area contributed by atoms with E-state index < -0.39 is 10.8 Å². The summed E-state index contributed by atoms with van der Waals surface area (Å²) < 4.78 is 11.5. The molecule has 0 amide bonds. The first-order valence-corrected chi connectivity index (χ1v) is 9.65. The third-order valence-corrected chi connectivity index (χ3v) is 5.54. The second-order valence-corrected chi connectivity index (χ2v) is 7.72. The number of benzene rings is 2. The van der Waals surface area contributed by atoms with Crippen molar-refractivity contribution in [2.75, 3.05) is 18.2 Å². The number of fused-ring (bicyclic) bond motifs is 1. The first kappa shape index (κ1) is 17.2. The van der Waals surface area contributed by atoms with Crippen molar-refractivity contribution >= 4 is 50.7 Å². The molecule has 0 radical (unpaired) electrons. The van der Waals surface area contributed by atoms with Gasteiger partial charge in [-0.15, -0.1) is 0 Å². The number of aromatic nitrogens is 1. The van der Waals surface area contributed by atoms with Gasteiger partial charge in [-0.05, 0) is 35.9 Å². The molecular weight excluding hydrogens is 363 g/mol. The van der Waals surface area contributed by atoms with E-state index in [0.717, 1.165) is 21.7 Å². The van der Waals surface area contributed by atoms with Crippen LogP contribution in [0.4, 0.5) is 5.82 Å². The highest BCUT2D eigenvalue weighted by Gasteiger charge is 2.09. The van der Waals surface area contributed by atoms with Crippen LogP contribution in [-0.2, 0) is 17.3 Å². The highest BCUT2D eigenvalue weighted by Crippen LogP contribution is 2.30. The van der Waals surface area contributed by atoms with E-state index in [1.807, 2.05) is 54.4 Å². The van der Waals surface area contributed by atoms with E-state index in [-0.39, 0.29) is 0 Å². The second-order valence-electron chi connectivity index (χ2n) is 5.56. The van der Waals surface area contributed by atoms with Crippen molar-refractivity contribution in [3.8, 4) is 0 Å². The molecule has 0 saturated heterocycles. The minimum Gasteiger partial charge on any atom is -0.355 e. The molecule has 0 fully saturated rings. The van der Waals surface area contributed by atoms with Gasteiger partial charge in [-0.25, -0.2) is 4.98 Å². The van der Waals surface area contributed by atoms with Crippen molar-refractivity contribution in [3.05, 3.63) is 64.1 Å². The van der Waals surface area contributed by atoms with Crippen molar-refractivity contribution in [3.63, 3.8) is 0 Å². The van der Waals surface area contributed by atoms with E-state index in [2.05, 4.69) is 4.98 Å². The molecule has 1 heterocycles. The van der Waals surface area contributed by atoms with Gasteiger partial charge >= 0.3 is 0 Å². The standard InChI is InChI=1S/C18H16Cl2N2OS/c1-22(11-12-3-7-14(8-4-12)24(2)23)16-10-6-13-5-9-15(19)17(20)18(13)21-16/h3-10H,11H2,1-2H3. The lowest BCUT2D eigenvalue weighted by Crippen LogP contribution is -2.17. The van der Waals surface area contributed by atoms with Gasteiger partial charge in [0.1, 0.15) is 5.82 Å². The summed E-state index contributed by atoms with van der Waals surface area (Å²) in [5.41, 5.74) is 1.82. The Morgan fingerprint density at radius 3 is 2.38 bits per heavy atom. The number of halogens is 2. The molecule has 0 bridgehead atoms. The van der Waals surface area contributed by atoms with E-state index in [1.54, 1.807) is 12.3 Å². The molecule has 0 aliphatic rings. The van der Waals surface area contributed by atoms with Crippen LogP contribution in [-0.4, -0.2) is 22.5 Å².